The monoisotopic (exact) mass is 299 g/mol. The summed E-state index contributed by atoms with van der Waals surface area (Å²) < 4.78 is 6.25. The standard InChI is InChI=1S/C14H18ClNO2S/c1-9(2)10(8-17)16-14(11-4-3-7-18-11)12-5-6-13(15)19-12/h3-7,9-10,14,16-17H,8H2,1-2H3. The van der Waals surface area contributed by atoms with Crippen molar-refractivity contribution < 1.29 is 9.52 Å². The van der Waals surface area contributed by atoms with Gasteiger partial charge in [0.25, 0.3) is 0 Å². The third kappa shape index (κ3) is 3.60. The molecule has 0 aliphatic heterocycles. The Balaban J connectivity index is 2.25. The quantitative estimate of drug-likeness (QED) is 0.855. The van der Waals surface area contributed by atoms with Crippen LogP contribution in [0.2, 0.25) is 4.34 Å². The number of furan rings is 1. The van der Waals surface area contributed by atoms with Crippen LogP contribution in [0.4, 0.5) is 0 Å². The molecule has 0 saturated heterocycles. The van der Waals surface area contributed by atoms with Gasteiger partial charge in [-0.2, -0.15) is 0 Å². The van der Waals surface area contributed by atoms with Gasteiger partial charge in [0.1, 0.15) is 11.8 Å². The van der Waals surface area contributed by atoms with E-state index in [4.69, 9.17) is 16.0 Å². The molecule has 2 heterocycles. The molecule has 0 spiro atoms. The SMILES string of the molecule is CC(C)C(CO)NC(c1ccco1)c1ccc(Cl)s1. The first-order chi connectivity index (χ1) is 9.11. The van der Waals surface area contributed by atoms with E-state index < -0.39 is 0 Å². The Labute approximate surface area is 122 Å². The number of nitrogens with one attached hydrogen (secondary N) is 1. The number of aliphatic hydroxyl groups excluding tert-OH is 1. The average molecular weight is 300 g/mol. The maximum atomic E-state index is 9.48. The first-order valence-electron chi connectivity index (χ1n) is 6.27. The summed E-state index contributed by atoms with van der Waals surface area (Å²) in [6.07, 6.45) is 1.66. The fraction of sp³-hybridized carbons (Fsp3) is 0.429. The summed E-state index contributed by atoms with van der Waals surface area (Å²) in [5.41, 5.74) is 0. The molecule has 5 heteroatoms. The molecule has 0 bridgehead atoms. The van der Waals surface area contributed by atoms with Crippen molar-refractivity contribution >= 4 is 22.9 Å². The molecule has 2 aromatic rings. The van der Waals surface area contributed by atoms with Gasteiger partial charge in [0.15, 0.2) is 0 Å². The number of halogens is 1. The van der Waals surface area contributed by atoms with Crippen LogP contribution in [0.1, 0.15) is 30.5 Å². The van der Waals surface area contributed by atoms with Crippen LogP contribution in [0, 0.1) is 5.92 Å². The van der Waals surface area contributed by atoms with Crippen LogP contribution in [0.5, 0.6) is 0 Å². The van der Waals surface area contributed by atoms with Crippen molar-refractivity contribution in [2.45, 2.75) is 25.9 Å². The van der Waals surface area contributed by atoms with Crippen LogP contribution in [0.15, 0.2) is 34.9 Å². The van der Waals surface area contributed by atoms with Crippen LogP contribution in [0.25, 0.3) is 0 Å². The lowest BCUT2D eigenvalue weighted by Gasteiger charge is -2.25. The zero-order valence-corrected chi connectivity index (χ0v) is 12.5. The van der Waals surface area contributed by atoms with E-state index in [0.717, 1.165) is 15.0 Å². The largest absolute Gasteiger partial charge is 0.467 e. The predicted molar refractivity (Wildman–Crippen MR) is 78.7 cm³/mol. The smallest absolute Gasteiger partial charge is 0.126 e. The fourth-order valence-corrected chi connectivity index (χ4v) is 3.04. The molecule has 0 amide bonds. The maximum Gasteiger partial charge on any atom is 0.126 e. The van der Waals surface area contributed by atoms with Crippen molar-refractivity contribution in [1.82, 2.24) is 5.32 Å². The highest BCUT2D eigenvalue weighted by atomic mass is 35.5. The van der Waals surface area contributed by atoms with Gasteiger partial charge in [0.05, 0.1) is 17.2 Å². The Morgan fingerprint density at radius 1 is 1.37 bits per heavy atom. The molecule has 0 aromatic carbocycles. The molecule has 3 nitrogen and oxygen atoms in total. The highest BCUT2D eigenvalue weighted by molar-refractivity contribution is 7.16. The van der Waals surface area contributed by atoms with E-state index in [0.29, 0.717) is 5.92 Å². The third-order valence-electron chi connectivity index (χ3n) is 3.09. The molecule has 2 N–H and O–H groups in total. The van der Waals surface area contributed by atoms with Crippen LogP contribution in [-0.2, 0) is 0 Å². The highest BCUT2D eigenvalue weighted by Gasteiger charge is 2.23. The van der Waals surface area contributed by atoms with Gasteiger partial charge in [-0.3, -0.25) is 5.32 Å². The molecule has 0 radical (unpaired) electrons. The van der Waals surface area contributed by atoms with Crippen molar-refractivity contribution in [2.75, 3.05) is 6.61 Å². The van der Waals surface area contributed by atoms with Gasteiger partial charge < -0.3 is 9.52 Å². The Morgan fingerprint density at radius 3 is 2.63 bits per heavy atom. The summed E-state index contributed by atoms with van der Waals surface area (Å²) in [7, 11) is 0. The Bertz CT molecular complexity index is 495. The zero-order chi connectivity index (χ0) is 13.8. The average Bonchev–Trinajstić information content (AvgIpc) is 3.01. The van der Waals surface area contributed by atoms with E-state index in [1.165, 1.54) is 11.3 Å². The Morgan fingerprint density at radius 2 is 2.16 bits per heavy atom. The van der Waals surface area contributed by atoms with Gasteiger partial charge >= 0.3 is 0 Å². The minimum Gasteiger partial charge on any atom is -0.467 e. The summed E-state index contributed by atoms with van der Waals surface area (Å²) in [5.74, 6) is 1.16. The van der Waals surface area contributed by atoms with Crippen molar-refractivity contribution in [2.24, 2.45) is 5.92 Å². The minimum atomic E-state index is -0.0768. The Kier molecular flexibility index (Phi) is 5.05. The zero-order valence-electron chi connectivity index (χ0n) is 11.0. The first-order valence-corrected chi connectivity index (χ1v) is 7.46. The lowest BCUT2D eigenvalue weighted by atomic mass is 10.0. The lowest BCUT2D eigenvalue weighted by Crippen LogP contribution is -2.39. The second-order valence-corrected chi connectivity index (χ2v) is 6.54. The molecule has 19 heavy (non-hydrogen) atoms. The van der Waals surface area contributed by atoms with Crippen molar-refractivity contribution in [3.8, 4) is 0 Å². The van der Waals surface area contributed by atoms with Crippen LogP contribution >= 0.6 is 22.9 Å². The van der Waals surface area contributed by atoms with E-state index in [-0.39, 0.29) is 18.7 Å². The predicted octanol–water partition coefficient (Wildman–Crippen LogP) is 3.69. The van der Waals surface area contributed by atoms with E-state index in [1.807, 2.05) is 24.3 Å². The third-order valence-corrected chi connectivity index (χ3v) is 4.38. The van der Waals surface area contributed by atoms with Gasteiger partial charge in [-0.1, -0.05) is 25.4 Å². The molecular formula is C14H18ClNO2S. The second kappa shape index (κ2) is 6.57. The summed E-state index contributed by atoms with van der Waals surface area (Å²) in [5, 5.41) is 12.9. The van der Waals surface area contributed by atoms with Crippen molar-refractivity contribution in [3.05, 3.63) is 45.5 Å². The van der Waals surface area contributed by atoms with Gasteiger partial charge in [-0.15, -0.1) is 11.3 Å². The number of hydrogen-bond acceptors (Lipinski definition) is 4. The minimum absolute atomic E-state index is 0.0102. The molecule has 2 rings (SSSR count). The van der Waals surface area contributed by atoms with Gasteiger partial charge in [0.2, 0.25) is 0 Å². The van der Waals surface area contributed by atoms with Gasteiger partial charge in [-0.25, -0.2) is 0 Å². The summed E-state index contributed by atoms with van der Waals surface area (Å²) in [4.78, 5) is 1.08. The van der Waals surface area contributed by atoms with Crippen molar-refractivity contribution in [1.29, 1.82) is 0 Å². The lowest BCUT2D eigenvalue weighted by molar-refractivity contribution is 0.200. The molecule has 2 unspecified atom stereocenters. The molecule has 2 aromatic heterocycles. The number of hydrogen-bond donors (Lipinski definition) is 2. The molecule has 0 aliphatic rings. The molecule has 0 fully saturated rings. The van der Waals surface area contributed by atoms with Crippen LogP contribution < -0.4 is 5.32 Å². The van der Waals surface area contributed by atoms with Gasteiger partial charge in [-0.05, 0) is 30.2 Å². The maximum absolute atomic E-state index is 9.48. The molecule has 0 aliphatic carbocycles. The fourth-order valence-electron chi connectivity index (χ4n) is 1.91. The van der Waals surface area contributed by atoms with E-state index >= 15 is 0 Å². The first kappa shape index (κ1) is 14.6. The summed E-state index contributed by atoms with van der Waals surface area (Å²) in [6.45, 7) is 4.25. The topological polar surface area (TPSA) is 45.4 Å². The van der Waals surface area contributed by atoms with Gasteiger partial charge in [0, 0.05) is 10.9 Å². The van der Waals surface area contributed by atoms with Crippen LogP contribution in [0.3, 0.4) is 0 Å². The molecule has 2 atom stereocenters. The number of thiophene rings is 1. The molecule has 0 saturated carbocycles. The van der Waals surface area contributed by atoms with E-state index in [2.05, 4.69) is 19.2 Å². The van der Waals surface area contributed by atoms with Crippen LogP contribution in [-0.4, -0.2) is 17.8 Å². The summed E-state index contributed by atoms with van der Waals surface area (Å²) >= 11 is 7.53. The summed E-state index contributed by atoms with van der Waals surface area (Å²) in [6, 6.07) is 7.59. The van der Waals surface area contributed by atoms with E-state index in [1.54, 1.807) is 6.26 Å². The second-order valence-electron chi connectivity index (χ2n) is 4.79. The van der Waals surface area contributed by atoms with E-state index in [9.17, 15) is 5.11 Å². The highest BCUT2D eigenvalue weighted by Crippen LogP contribution is 2.32. The molecular weight excluding hydrogens is 282 g/mol. The normalized spacial score (nSPS) is 14.8. The number of rotatable bonds is 6. The molecule has 104 valence electrons. The van der Waals surface area contributed by atoms with Crippen molar-refractivity contribution in [3.63, 3.8) is 0 Å². The Hall–Kier alpha value is -0.810. The number of aliphatic hydroxyl groups is 1.